The Bertz CT molecular complexity index is 1000. The summed E-state index contributed by atoms with van der Waals surface area (Å²) in [4.78, 5) is 16.9. The van der Waals surface area contributed by atoms with Gasteiger partial charge in [0.05, 0.1) is 0 Å². The van der Waals surface area contributed by atoms with Gasteiger partial charge < -0.3 is 14.3 Å². The number of anilines is 1. The summed E-state index contributed by atoms with van der Waals surface area (Å²) in [5, 5.41) is 3.53. The first-order chi connectivity index (χ1) is 16.4. The number of amides is 1. The van der Waals surface area contributed by atoms with Gasteiger partial charge in [0.1, 0.15) is 11.3 Å². The van der Waals surface area contributed by atoms with Crippen LogP contribution in [0.2, 0.25) is 0 Å². The van der Waals surface area contributed by atoms with Gasteiger partial charge in [0.2, 0.25) is 5.91 Å². The molecule has 3 rings (SSSR count). The van der Waals surface area contributed by atoms with E-state index in [9.17, 15) is 9.35 Å². The quantitative estimate of drug-likeness (QED) is 0.201. The molecule has 3 aromatic rings. The van der Waals surface area contributed by atoms with Gasteiger partial charge in [-0.25, -0.2) is 0 Å². The first-order valence-corrected chi connectivity index (χ1v) is 13.8. The molecule has 1 atom stereocenters. The molecule has 1 aromatic heterocycles. The molecule has 34 heavy (non-hydrogen) atoms. The summed E-state index contributed by atoms with van der Waals surface area (Å²) in [5.41, 5.74) is 4.85. The Morgan fingerprint density at radius 3 is 2.18 bits per heavy atom. The van der Waals surface area contributed by atoms with Crippen LogP contribution in [0.25, 0.3) is 11.1 Å². The predicted octanol–water partition coefficient (Wildman–Crippen LogP) is 7.55. The molecule has 0 fully saturated rings. The summed E-state index contributed by atoms with van der Waals surface area (Å²) < 4.78 is 18.0. The van der Waals surface area contributed by atoms with E-state index in [0.29, 0.717) is 34.8 Å². The van der Waals surface area contributed by atoms with Crippen LogP contribution in [0.15, 0.2) is 52.1 Å². The Kier molecular flexibility index (Phi) is 10.0. The average molecular weight is 483 g/mol. The molecule has 184 valence electrons. The molecule has 1 unspecified atom stereocenters. The number of unbranched alkanes of at least 4 members (excludes halogenated alkanes) is 5. The second kappa shape index (κ2) is 13.0. The number of carbonyl (C=O) groups is 1. The van der Waals surface area contributed by atoms with E-state index in [0.717, 1.165) is 49.7 Å². The number of fused-ring (bicyclic) bond motifs is 1. The van der Waals surface area contributed by atoms with Gasteiger partial charge in [-0.05, 0) is 54.4 Å². The van der Waals surface area contributed by atoms with E-state index in [2.05, 4.69) is 56.2 Å². The summed E-state index contributed by atoms with van der Waals surface area (Å²) >= 11 is -1.19. The highest BCUT2D eigenvalue weighted by Gasteiger charge is 2.19. The van der Waals surface area contributed by atoms with E-state index in [1.807, 2.05) is 24.3 Å². The van der Waals surface area contributed by atoms with Gasteiger partial charge in [0, 0.05) is 23.3 Å². The second-order valence-corrected chi connectivity index (χ2v) is 11.0. The third-order valence-electron chi connectivity index (χ3n) is 6.09. The molecule has 0 radical (unpaired) electrons. The summed E-state index contributed by atoms with van der Waals surface area (Å²) in [6.45, 7) is 8.66. The zero-order valence-electron chi connectivity index (χ0n) is 20.9. The van der Waals surface area contributed by atoms with Gasteiger partial charge in [0.15, 0.2) is 5.58 Å². The topological polar surface area (TPSA) is 78.2 Å². The highest BCUT2D eigenvalue weighted by Crippen LogP contribution is 2.32. The zero-order chi connectivity index (χ0) is 24.5. The molecule has 0 saturated heterocycles. The summed E-state index contributed by atoms with van der Waals surface area (Å²) in [7, 11) is 0. The molecule has 0 bridgehead atoms. The number of hydrogen-bond acceptors (Lipinski definition) is 4. The number of benzene rings is 2. The van der Waals surface area contributed by atoms with E-state index in [1.54, 1.807) is 0 Å². The number of nitrogens with one attached hydrogen (secondary N) is 1. The number of carbonyl (C=O) groups excluding carboxylic acids is 1. The third kappa shape index (κ3) is 7.34. The van der Waals surface area contributed by atoms with E-state index < -0.39 is 11.2 Å². The molecule has 0 aliphatic carbocycles. The zero-order valence-corrected chi connectivity index (χ0v) is 21.7. The van der Waals surface area contributed by atoms with Crippen LogP contribution in [-0.4, -0.2) is 21.2 Å². The number of hydrogen-bond donors (Lipinski definition) is 1. The molecule has 1 N–H and O–H groups in total. The largest absolute Gasteiger partial charge is 0.608 e. The molecule has 6 heteroatoms. The Hall–Kier alpha value is -2.31. The third-order valence-corrected chi connectivity index (χ3v) is 7.31. The number of aromatic nitrogens is 1. The molecule has 1 heterocycles. The predicted molar refractivity (Wildman–Crippen MR) is 141 cm³/mol. The summed E-state index contributed by atoms with van der Waals surface area (Å²) in [6.07, 6.45) is 6.55. The monoisotopic (exact) mass is 482 g/mol. The fourth-order valence-electron chi connectivity index (χ4n) is 4.16. The van der Waals surface area contributed by atoms with Gasteiger partial charge in [0.25, 0.3) is 0 Å². The lowest BCUT2D eigenvalue weighted by Crippen LogP contribution is -2.15. The summed E-state index contributed by atoms with van der Waals surface area (Å²) in [6, 6.07) is 13.8. The minimum Gasteiger partial charge on any atom is -0.608 e. The van der Waals surface area contributed by atoms with E-state index >= 15 is 0 Å². The van der Waals surface area contributed by atoms with E-state index in [1.165, 1.54) is 11.1 Å². The van der Waals surface area contributed by atoms with Crippen molar-refractivity contribution in [3.8, 4) is 0 Å². The minimum atomic E-state index is -1.19. The van der Waals surface area contributed by atoms with Crippen molar-refractivity contribution in [2.75, 3.05) is 11.1 Å². The van der Waals surface area contributed by atoms with Crippen molar-refractivity contribution < 1.29 is 13.8 Å². The van der Waals surface area contributed by atoms with Crippen molar-refractivity contribution >= 4 is 33.9 Å². The number of oxazole rings is 1. The molecule has 0 spiro atoms. The molecular formula is C28H38N2O3S. The Balaban J connectivity index is 1.32. The lowest BCUT2D eigenvalue weighted by Gasteiger charge is -2.20. The van der Waals surface area contributed by atoms with Gasteiger partial charge >= 0.3 is 5.22 Å². The lowest BCUT2D eigenvalue weighted by atomic mass is 9.92. The smallest absolute Gasteiger partial charge is 0.416 e. The van der Waals surface area contributed by atoms with Gasteiger partial charge in [-0.15, -0.1) is 0 Å². The molecule has 1 amide bonds. The van der Waals surface area contributed by atoms with Crippen molar-refractivity contribution in [3.63, 3.8) is 0 Å². The number of para-hydroxylation sites is 3. The van der Waals surface area contributed by atoms with Crippen LogP contribution in [0.3, 0.4) is 0 Å². The second-order valence-electron chi connectivity index (χ2n) is 9.54. The Labute approximate surface area is 206 Å². The normalized spacial score (nSPS) is 12.6. The maximum absolute atomic E-state index is 12.6. The van der Waals surface area contributed by atoms with Crippen molar-refractivity contribution in [3.05, 3.63) is 53.6 Å². The highest BCUT2D eigenvalue weighted by atomic mass is 32.2. The lowest BCUT2D eigenvalue weighted by molar-refractivity contribution is -0.116. The first kappa shape index (κ1) is 26.3. The van der Waals surface area contributed by atoms with Crippen LogP contribution >= 0.6 is 0 Å². The number of nitrogens with zero attached hydrogens (tertiary/aromatic N) is 1. The Morgan fingerprint density at radius 1 is 0.912 bits per heavy atom. The first-order valence-electron chi connectivity index (χ1n) is 12.5. The van der Waals surface area contributed by atoms with E-state index in [-0.39, 0.29) is 5.91 Å². The van der Waals surface area contributed by atoms with E-state index in [4.69, 9.17) is 4.42 Å². The molecule has 5 nitrogen and oxygen atoms in total. The highest BCUT2D eigenvalue weighted by molar-refractivity contribution is 7.91. The maximum Gasteiger partial charge on any atom is 0.416 e. The maximum atomic E-state index is 12.6. The molecule has 0 aliphatic rings. The fourth-order valence-corrected chi connectivity index (χ4v) is 5.18. The van der Waals surface area contributed by atoms with Crippen LogP contribution in [0.1, 0.15) is 95.6 Å². The fraction of sp³-hybridized carbons (Fsp3) is 0.500. The van der Waals surface area contributed by atoms with Crippen molar-refractivity contribution in [2.45, 2.75) is 89.7 Å². The summed E-state index contributed by atoms with van der Waals surface area (Å²) in [5.74, 6) is 1.41. The van der Waals surface area contributed by atoms with Crippen molar-refractivity contribution in [2.24, 2.45) is 0 Å². The molecule has 2 aromatic carbocycles. The Morgan fingerprint density at radius 2 is 1.53 bits per heavy atom. The van der Waals surface area contributed by atoms with Crippen molar-refractivity contribution in [1.82, 2.24) is 4.98 Å². The van der Waals surface area contributed by atoms with Gasteiger partial charge in [-0.3, -0.25) is 4.79 Å². The number of rotatable bonds is 13. The average Bonchev–Trinajstić information content (AvgIpc) is 3.25. The van der Waals surface area contributed by atoms with Crippen LogP contribution in [-0.2, 0) is 16.0 Å². The van der Waals surface area contributed by atoms with Crippen molar-refractivity contribution in [1.29, 1.82) is 0 Å². The molecule has 0 aliphatic heterocycles. The van der Waals surface area contributed by atoms with Crippen LogP contribution in [0.4, 0.5) is 5.69 Å². The molecule has 0 saturated carbocycles. The van der Waals surface area contributed by atoms with Gasteiger partial charge in [-0.2, -0.15) is 4.98 Å². The van der Waals surface area contributed by atoms with Crippen LogP contribution in [0.5, 0.6) is 0 Å². The SMILES string of the molecule is CC(C)c1cccc(C(C)C)c1NC(=O)CCCCCCCC[S+]([O-])c1nc2ccccc2o1. The standard InChI is InChI=1S/C28H38N2O3S/c1-20(2)22-14-13-15-23(21(3)4)27(22)30-26(31)18-9-7-5-6-8-12-19-34(32)28-29-24-16-10-11-17-25(24)33-28/h10-11,13-17,20-21H,5-9,12,18-19H2,1-4H3,(H,30,31). The minimum absolute atomic E-state index is 0.101. The van der Waals surface area contributed by atoms with Gasteiger partial charge in [-0.1, -0.05) is 77.3 Å². The van der Waals surface area contributed by atoms with Crippen LogP contribution < -0.4 is 5.32 Å². The molecular weight excluding hydrogens is 444 g/mol. The van der Waals surface area contributed by atoms with Crippen LogP contribution in [0, 0.1) is 0 Å².